The van der Waals surface area contributed by atoms with E-state index in [9.17, 15) is 0 Å². The third kappa shape index (κ3) is 1.95. The normalized spacial score (nSPS) is 10.3. The Hall–Kier alpha value is -1.69. The number of nitrogens with one attached hydrogen (secondary N) is 1. The zero-order chi connectivity index (χ0) is 12.4. The Balaban J connectivity index is 2.71. The summed E-state index contributed by atoms with van der Waals surface area (Å²) in [6.07, 6.45) is 1.65. The molecule has 1 aromatic carbocycles. The van der Waals surface area contributed by atoms with Crippen molar-refractivity contribution in [3.8, 4) is 22.6 Å². The van der Waals surface area contributed by atoms with Crippen molar-refractivity contribution >= 4 is 21.7 Å². The summed E-state index contributed by atoms with van der Waals surface area (Å²) in [5.41, 5.74) is 7.41. The summed E-state index contributed by atoms with van der Waals surface area (Å²) >= 11 is 3.47. The van der Waals surface area contributed by atoms with E-state index in [0.717, 1.165) is 15.6 Å². The fourth-order valence-electron chi connectivity index (χ4n) is 1.65. The van der Waals surface area contributed by atoms with Gasteiger partial charge in [-0.15, -0.1) is 0 Å². The Morgan fingerprint density at radius 1 is 1.29 bits per heavy atom. The quantitative estimate of drug-likeness (QED) is 0.913. The van der Waals surface area contributed by atoms with Gasteiger partial charge in [-0.05, 0) is 12.1 Å². The average molecular weight is 298 g/mol. The smallest absolute Gasteiger partial charge is 0.169 e. The van der Waals surface area contributed by atoms with Crippen LogP contribution in [0.4, 0.5) is 5.82 Å². The molecular weight excluding hydrogens is 286 g/mol. The maximum Gasteiger partial charge on any atom is 0.169 e. The molecule has 1 heterocycles. The summed E-state index contributed by atoms with van der Waals surface area (Å²) in [7, 11) is 3.18. The highest BCUT2D eigenvalue weighted by Crippen LogP contribution is 2.44. The molecule has 0 aliphatic heterocycles. The molecule has 1 aromatic heterocycles. The minimum atomic E-state index is 0.484. The number of aromatic amines is 1. The Morgan fingerprint density at radius 3 is 2.59 bits per heavy atom. The molecule has 2 aromatic rings. The van der Waals surface area contributed by atoms with Crippen molar-refractivity contribution in [1.82, 2.24) is 10.2 Å². The molecule has 0 aliphatic carbocycles. The molecular formula is C11H12BrN3O2. The number of aromatic nitrogens is 2. The van der Waals surface area contributed by atoms with Crippen LogP contribution in [0.25, 0.3) is 11.1 Å². The topological polar surface area (TPSA) is 73.2 Å². The zero-order valence-electron chi connectivity index (χ0n) is 9.45. The molecule has 0 aliphatic rings. The summed E-state index contributed by atoms with van der Waals surface area (Å²) in [5.74, 6) is 1.75. The highest BCUT2D eigenvalue weighted by Gasteiger charge is 2.18. The molecule has 0 bridgehead atoms. The summed E-state index contributed by atoms with van der Waals surface area (Å²) in [4.78, 5) is 0. The van der Waals surface area contributed by atoms with E-state index in [1.165, 1.54) is 0 Å². The molecule has 0 fully saturated rings. The van der Waals surface area contributed by atoms with Gasteiger partial charge < -0.3 is 15.2 Å². The Bertz CT molecular complexity index is 540. The van der Waals surface area contributed by atoms with Crippen LogP contribution in [0.5, 0.6) is 11.5 Å². The summed E-state index contributed by atoms with van der Waals surface area (Å²) in [6, 6.07) is 3.70. The number of ether oxygens (including phenoxy) is 2. The fourth-order valence-corrected chi connectivity index (χ4v) is 2.18. The number of nitrogens with two attached hydrogens (primary N) is 1. The summed E-state index contributed by atoms with van der Waals surface area (Å²) < 4.78 is 11.5. The van der Waals surface area contributed by atoms with Crippen molar-refractivity contribution in [3.63, 3.8) is 0 Å². The average Bonchev–Trinajstić information content (AvgIpc) is 2.74. The predicted octanol–water partition coefficient (Wildman–Crippen LogP) is 2.44. The van der Waals surface area contributed by atoms with Crippen LogP contribution >= 0.6 is 15.9 Å². The van der Waals surface area contributed by atoms with E-state index in [4.69, 9.17) is 15.2 Å². The van der Waals surface area contributed by atoms with E-state index in [1.807, 2.05) is 12.1 Å². The largest absolute Gasteiger partial charge is 0.493 e. The number of nitrogens with zero attached hydrogens (tertiary/aromatic N) is 1. The third-order valence-corrected chi connectivity index (χ3v) is 3.09. The number of rotatable bonds is 3. The molecule has 0 saturated heterocycles. The number of benzene rings is 1. The second kappa shape index (κ2) is 4.67. The van der Waals surface area contributed by atoms with Crippen molar-refractivity contribution in [2.45, 2.75) is 0 Å². The molecule has 0 radical (unpaired) electrons. The van der Waals surface area contributed by atoms with Gasteiger partial charge in [0.1, 0.15) is 5.82 Å². The van der Waals surface area contributed by atoms with E-state index in [-0.39, 0.29) is 0 Å². The van der Waals surface area contributed by atoms with Crippen molar-refractivity contribution in [1.29, 1.82) is 0 Å². The molecule has 6 heteroatoms. The molecule has 17 heavy (non-hydrogen) atoms. The lowest BCUT2D eigenvalue weighted by Gasteiger charge is -2.13. The van der Waals surface area contributed by atoms with Gasteiger partial charge in [0.25, 0.3) is 0 Å². The van der Waals surface area contributed by atoms with Crippen LogP contribution in [-0.2, 0) is 0 Å². The number of halogens is 1. The first-order chi connectivity index (χ1) is 8.19. The van der Waals surface area contributed by atoms with Crippen molar-refractivity contribution in [2.75, 3.05) is 20.0 Å². The lowest BCUT2D eigenvalue weighted by Crippen LogP contribution is -1.95. The van der Waals surface area contributed by atoms with Crippen LogP contribution in [0, 0.1) is 0 Å². The second-order valence-electron chi connectivity index (χ2n) is 3.36. The highest BCUT2D eigenvalue weighted by molar-refractivity contribution is 9.10. The molecule has 0 spiro atoms. The zero-order valence-corrected chi connectivity index (χ0v) is 11.0. The first kappa shape index (κ1) is 11.8. The number of nitrogen functional groups attached to an aromatic ring is 1. The molecule has 0 unspecified atom stereocenters. The van der Waals surface area contributed by atoms with Crippen LogP contribution in [0.15, 0.2) is 22.8 Å². The first-order valence-electron chi connectivity index (χ1n) is 4.88. The van der Waals surface area contributed by atoms with Gasteiger partial charge in [-0.25, -0.2) is 0 Å². The number of hydrogen-bond acceptors (Lipinski definition) is 4. The van der Waals surface area contributed by atoms with Gasteiger partial charge in [0.15, 0.2) is 11.5 Å². The van der Waals surface area contributed by atoms with Crippen LogP contribution in [0.2, 0.25) is 0 Å². The number of methoxy groups -OCH3 is 2. The minimum Gasteiger partial charge on any atom is -0.493 e. The number of anilines is 1. The van der Waals surface area contributed by atoms with Crippen LogP contribution in [0.1, 0.15) is 0 Å². The molecule has 3 N–H and O–H groups in total. The Labute approximate surface area is 107 Å². The van der Waals surface area contributed by atoms with Crippen molar-refractivity contribution < 1.29 is 9.47 Å². The van der Waals surface area contributed by atoms with Gasteiger partial charge in [-0.3, -0.25) is 5.10 Å². The van der Waals surface area contributed by atoms with Gasteiger partial charge in [-0.2, -0.15) is 5.10 Å². The molecule has 2 rings (SSSR count). The minimum absolute atomic E-state index is 0.484. The molecule has 0 atom stereocenters. The van der Waals surface area contributed by atoms with Gasteiger partial charge in [0, 0.05) is 15.6 Å². The number of H-pyrrole nitrogens is 1. The molecule has 0 saturated carbocycles. The monoisotopic (exact) mass is 297 g/mol. The SMILES string of the molecule is COc1ccc(Br)c(-c2cn[nH]c2N)c1OC. The molecule has 5 nitrogen and oxygen atoms in total. The lowest BCUT2D eigenvalue weighted by atomic mass is 10.1. The van der Waals surface area contributed by atoms with Crippen LogP contribution in [-0.4, -0.2) is 24.4 Å². The van der Waals surface area contributed by atoms with E-state index >= 15 is 0 Å². The fraction of sp³-hybridized carbons (Fsp3) is 0.182. The summed E-state index contributed by atoms with van der Waals surface area (Å²) in [6.45, 7) is 0. The van der Waals surface area contributed by atoms with Crippen molar-refractivity contribution in [2.24, 2.45) is 0 Å². The Morgan fingerprint density at radius 2 is 2.06 bits per heavy atom. The van der Waals surface area contributed by atoms with Gasteiger partial charge in [-0.1, -0.05) is 15.9 Å². The molecule has 0 amide bonds. The van der Waals surface area contributed by atoms with E-state index in [0.29, 0.717) is 17.3 Å². The van der Waals surface area contributed by atoms with E-state index in [1.54, 1.807) is 20.4 Å². The number of hydrogen-bond donors (Lipinski definition) is 2. The summed E-state index contributed by atoms with van der Waals surface area (Å²) in [5, 5.41) is 6.60. The van der Waals surface area contributed by atoms with E-state index in [2.05, 4.69) is 26.1 Å². The van der Waals surface area contributed by atoms with Gasteiger partial charge in [0.05, 0.1) is 20.4 Å². The van der Waals surface area contributed by atoms with Crippen molar-refractivity contribution in [3.05, 3.63) is 22.8 Å². The standard InChI is InChI=1S/C11H12BrN3O2/c1-16-8-4-3-7(12)9(10(8)17-2)6-5-14-15-11(6)13/h3-5H,1-2H3,(H3,13,14,15). The highest BCUT2D eigenvalue weighted by atomic mass is 79.9. The Kier molecular flexibility index (Phi) is 3.23. The maximum atomic E-state index is 5.82. The van der Waals surface area contributed by atoms with Gasteiger partial charge >= 0.3 is 0 Å². The molecule has 90 valence electrons. The lowest BCUT2D eigenvalue weighted by molar-refractivity contribution is 0.356. The van der Waals surface area contributed by atoms with Gasteiger partial charge in [0.2, 0.25) is 0 Å². The van der Waals surface area contributed by atoms with Crippen LogP contribution < -0.4 is 15.2 Å². The van der Waals surface area contributed by atoms with Crippen LogP contribution in [0.3, 0.4) is 0 Å². The maximum absolute atomic E-state index is 5.82. The third-order valence-electron chi connectivity index (χ3n) is 2.43. The predicted molar refractivity (Wildman–Crippen MR) is 69.2 cm³/mol. The first-order valence-corrected chi connectivity index (χ1v) is 5.68. The van der Waals surface area contributed by atoms with E-state index < -0.39 is 0 Å². The second-order valence-corrected chi connectivity index (χ2v) is 4.21.